The number of nitrogens with zero attached hydrogens (tertiary/aromatic N) is 4. The number of pyridine rings is 1. The third-order valence-corrected chi connectivity index (χ3v) is 5.47. The first-order chi connectivity index (χ1) is 12.8. The second kappa shape index (κ2) is 7.53. The Kier molecular flexibility index (Phi) is 4.97. The van der Waals surface area contributed by atoms with E-state index in [1.165, 1.54) is 6.07 Å². The van der Waals surface area contributed by atoms with Gasteiger partial charge in [-0.3, -0.25) is 0 Å². The maximum Gasteiger partial charge on any atom is 0.250 e. The molecule has 1 spiro atoms. The monoisotopic (exact) mass is 358 g/mol. The molecule has 2 saturated heterocycles. The molecule has 4 heterocycles. The van der Waals surface area contributed by atoms with Gasteiger partial charge >= 0.3 is 0 Å². The fraction of sp³-hybridized carbons (Fsp3) is 0.526. The van der Waals surface area contributed by atoms with Crippen LogP contribution in [0.2, 0.25) is 0 Å². The van der Waals surface area contributed by atoms with E-state index in [0.717, 1.165) is 51.3 Å². The van der Waals surface area contributed by atoms with Gasteiger partial charge in [0.05, 0.1) is 12.2 Å². The molecule has 4 rings (SSSR count). The summed E-state index contributed by atoms with van der Waals surface area (Å²) in [4.78, 5) is 14.8. The summed E-state index contributed by atoms with van der Waals surface area (Å²) in [7, 11) is 0. The van der Waals surface area contributed by atoms with E-state index in [9.17, 15) is 4.39 Å². The van der Waals surface area contributed by atoms with Crippen LogP contribution in [0.4, 0.5) is 10.3 Å². The number of halogens is 1. The zero-order chi connectivity index (χ0) is 17.8. The highest BCUT2D eigenvalue weighted by Crippen LogP contribution is 2.42. The van der Waals surface area contributed by atoms with Crippen molar-refractivity contribution in [3.8, 4) is 5.88 Å². The van der Waals surface area contributed by atoms with Crippen LogP contribution in [-0.2, 0) is 4.74 Å². The lowest BCUT2D eigenvalue weighted by atomic mass is 9.78. The van der Waals surface area contributed by atoms with Gasteiger partial charge < -0.3 is 14.4 Å². The Bertz CT molecular complexity index is 722. The summed E-state index contributed by atoms with van der Waals surface area (Å²) in [6, 6.07) is 4.76. The molecule has 2 aliphatic rings. The standard InChI is InChI=1S/C19H23FN4O2/c20-16-3-1-8-21-17(16)25-13-4-15-5-14-26-19(15)6-11-24(12-7-19)18-22-9-2-10-23-18/h1-3,8-10,15H,4-7,11-14H2. The van der Waals surface area contributed by atoms with Crippen molar-refractivity contribution in [3.63, 3.8) is 0 Å². The van der Waals surface area contributed by atoms with Gasteiger partial charge in [0.15, 0.2) is 5.82 Å². The lowest BCUT2D eigenvalue weighted by Gasteiger charge is -2.42. The highest BCUT2D eigenvalue weighted by molar-refractivity contribution is 5.30. The molecule has 0 aromatic carbocycles. The molecule has 0 bridgehead atoms. The lowest BCUT2D eigenvalue weighted by molar-refractivity contribution is -0.0443. The summed E-state index contributed by atoms with van der Waals surface area (Å²) in [5.41, 5.74) is -0.0999. The van der Waals surface area contributed by atoms with Crippen LogP contribution in [0.5, 0.6) is 5.88 Å². The molecular weight excluding hydrogens is 335 g/mol. The fourth-order valence-electron chi connectivity index (χ4n) is 4.06. The summed E-state index contributed by atoms with van der Waals surface area (Å²) in [6.45, 7) is 3.01. The van der Waals surface area contributed by atoms with Crippen LogP contribution in [0.15, 0.2) is 36.8 Å². The van der Waals surface area contributed by atoms with E-state index in [1.807, 2.05) is 6.07 Å². The Labute approximate surface area is 152 Å². The van der Waals surface area contributed by atoms with E-state index < -0.39 is 5.82 Å². The van der Waals surface area contributed by atoms with Crippen LogP contribution < -0.4 is 9.64 Å². The molecule has 2 aliphatic heterocycles. The predicted molar refractivity (Wildman–Crippen MR) is 94.6 cm³/mol. The maximum atomic E-state index is 13.6. The Balaban J connectivity index is 1.33. The van der Waals surface area contributed by atoms with Crippen molar-refractivity contribution in [1.82, 2.24) is 15.0 Å². The van der Waals surface area contributed by atoms with Crippen molar-refractivity contribution in [3.05, 3.63) is 42.6 Å². The second-order valence-electron chi connectivity index (χ2n) is 6.86. The van der Waals surface area contributed by atoms with E-state index in [1.54, 1.807) is 24.7 Å². The van der Waals surface area contributed by atoms with E-state index in [-0.39, 0.29) is 11.5 Å². The third-order valence-electron chi connectivity index (χ3n) is 5.47. The molecule has 1 atom stereocenters. The van der Waals surface area contributed by atoms with Gasteiger partial charge in [-0.2, -0.15) is 0 Å². The first-order valence-electron chi connectivity index (χ1n) is 9.16. The molecule has 2 aromatic rings. The SMILES string of the molecule is Fc1cccnc1OCCC1CCOC12CCN(c1ncccn1)CC2. The van der Waals surface area contributed by atoms with Crippen LogP contribution in [0.1, 0.15) is 25.7 Å². The number of rotatable bonds is 5. The van der Waals surface area contributed by atoms with E-state index in [2.05, 4.69) is 19.9 Å². The van der Waals surface area contributed by atoms with Gasteiger partial charge in [-0.05, 0) is 49.8 Å². The van der Waals surface area contributed by atoms with Crippen molar-refractivity contribution < 1.29 is 13.9 Å². The van der Waals surface area contributed by atoms with Crippen molar-refractivity contribution in [1.29, 1.82) is 0 Å². The molecule has 1 unspecified atom stereocenters. The van der Waals surface area contributed by atoms with Gasteiger partial charge in [-0.25, -0.2) is 19.3 Å². The molecule has 0 N–H and O–H groups in total. The molecule has 138 valence electrons. The van der Waals surface area contributed by atoms with Crippen molar-refractivity contribution >= 4 is 5.95 Å². The van der Waals surface area contributed by atoms with Crippen LogP contribution in [0.25, 0.3) is 0 Å². The van der Waals surface area contributed by atoms with E-state index in [0.29, 0.717) is 12.5 Å². The van der Waals surface area contributed by atoms with Crippen LogP contribution in [0, 0.1) is 11.7 Å². The Morgan fingerprint density at radius 1 is 1.15 bits per heavy atom. The second-order valence-corrected chi connectivity index (χ2v) is 6.86. The highest BCUT2D eigenvalue weighted by Gasteiger charge is 2.46. The van der Waals surface area contributed by atoms with E-state index in [4.69, 9.17) is 9.47 Å². The first kappa shape index (κ1) is 17.1. The number of ether oxygens (including phenoxy) is 2. The zero-order valence-electron chi connectivity index (χ0n) is 14.7. The topological polar surface area (TPSA) is 60.4 Å². The fourth-order valence-corrected chi connectivity index (χ4v) is 4.06. The highest BCUT2D eigenvalue weighted by atomic mass is 19.1. The number of hydrogen-bond donors (Lipinski definition) is 0. The van der Waals surface area contributed by atoms with Gasteiger partial charge in [-0.15, -0.1) is 0 Å². The van der Waals surface area contributed by atoms with Crippen LogP contribution in [-0.4, -0.2) is 46.9 Å². The minimum atomic E-state index is -0.416. The third kappa shape index (κ3) is 3.49. The van der Waals surface area contributed by atoms with Crippen LogP contribution >= 0.6 is 0 Å². The summed E-state index contributed by atoms with van der Waals surface area (Å²) in [5.74, 6) is 0.872. The average molecular weight is 358 g/mol. The molecule has 0 amide bonds. The summed E-state index contributed by atoms with van der Waals surface area (Å²) >= 11 is 0. The van der Waals surface area contributed by atoms with Gasteiger partial charge in [0.1, 0.15) is 0 Å². The molecule has 0 saturated carbocycles. The minimum absolute atomic E-state index is 0.0801. The predicted octanol–water partition coefficient (Wildman–Crippen LogP) is 2.86. The molecule has 7 heteroatoms. The number of anilines is 1. The number of hydrogen-bond acceptors (Lipinski definition) is 6. The maximum absolute atomic E-state index is 13.6. The van der Waals surface area contributed by atoms with Crippen molar-refractivity contribution in [2.24, 2.45) is 5.92 Å². The normalized spacial score (nSPS) is 21.9. The van der Waals surface area contributed by atoms with Crippen LogP contribution in [0.3, 0.4) is 0 Å². The molecular formula is C19H23FN4O2. The smallest absolute Gasteiger partial charge is 0.250 e. The molecule has 0 radical (unpaired) electrons. The summed E-state index contributed by atoms with van der Waals surface area (Å²) in [5, 5.41) is 0. The molecule has 0 aliphatic carbocycles. The number of aromatic nitrogens is 3. The molecule has 6 nitrogen and oxygen atoms in total. The van der Waals surface area contributed by atoms with E-state index >= 15 is 0 Å². The molecule has 2 aromatic heterocycles. The Morgan fingerprint density at radius 3 is 2.69 bits per heavy atom. The largest absolute Gasteiger partial charge is 0.476 e. The quantitative estimate of drug-likeness (QED) is 0.819. The van der Waals surface area contributed by atoms with Gasteiger partial charge in [0.2, 0.25) is 11.8 Å². The van der Waals surface area contributed by atoms with Crippen molar-refractivity contribution in [2.45, 2.75) is 31.3 Å². The van der Waals surface area contributed by atoms with Crippen molar-refractivity contribution in [2.75, 3.05) is 31.2 Å². The van der Waals surface area contributed by atoms with Gasteiger partial charge in [-0.1, -0.05) is 0 Å². The summed E-state index contributed by atoms with van der Waals surface area (Å²) in [6.07, 6.45) is 8.86. The molecule has 26 heavy (non-hydrogen) atoms. The van der Waals surface area contributed by atoms with Gasteiger partial charge in [0.25, 0.3) is 0 Å². The Hall–Kier alpha value is -2.28. The zero-order valence-corrected chi connectivity index (χ0v) is 14.7. The lowest BCUT2D eigenvalue weighted by Crippen LogP contribution is -2.48. The molecule has 2 fully saturated rings. The number of piperidine rings is 1. The summed E-state index contributed by atoms with van der Waals surface area (Å²) < 4.78 is 25.4. The Morgan fingerprint density at radius 2 is 1.92 bits per heavy atom. The minimum Gasteiger partial charge on any atom is -0.476 e. The van der Waals surface area contributed by atoms with Gasteiger partial charge in [0, 0.05) is 38.3 Å². The first-order valence-corrected chi connectivity index (χ1v) is 9.16. The average Bonchev–Trinajstić information content (AvgIpc) is 3.07.